The highest BCUT2D eigenvalue weighted by atomic mass is 32.1. The molecule has 5 nitrogen and oxygen atoms in total. The van der Waals surface area contributed by atoms with E-state index in [0.717, 1.165) is 22.3 Å². The van der Waals surface area contributed by atoms with Crippen LogP contribution < -0.4 is 0 Å². The highest BCUT2D eigenvalue weighted by Crippen LogP contribution is 2.38. The minimum atomic E-state index is -4.70. The van der Waals surface area contributed by atoms with Gasteiger partial charge in [0.1, 0.15) is 4.83 Å². The van der Waals surface area contributed by atoms with Gasteiger partial charge in [0.15, 0.2) is 11.8 Å². The van der Waals surface area contributed by atoms with Crippen molar-refractivity contribution < 1.29 is 18.3 Å². The smallest absolute Gasteiger partial charge is 0.379 e. The fraction of sp³-hybridized carbons (Fsp3) is 0.188. The van der Waals surface area contributed by atoms with Gasteiger partial charge in [-0.25, -0.2) is 9.97 Å². The normalized spacial score (nSPS) is 13.6. The molecule has 25 heavy (non-hydrogen) atoms. The Labute approximate surface area is 143 Å². The zero-order valence-electron chi connectivity index (χ0n) is 12.8. The number of thiophene rings is 1. The van der Waals surface area contributed by atoms with E-state index >= 15 is 0 Å². The van der Waals surface area contributed by atoms with Crippen molar-refractivity contribution in [2.75, 3.05) is 0 Å². The summed E-state index contributed by atoms with van der Waals surface area (Å²) in [7, 11) is 1.80. The molecule has 4 aromatic heterocycles. The highest BCUT2D eigenvalue weighted by Gasteiger charge is 2.40. The van der Waals surface area contributed by atoms with E-state index in [4.69, 9.17) is 0 Å². The number of hydrogen-bond donors (Lipinski definition) is 1. The van der Waals surface area contributed by atoms with Crippen LogP contribution >= 0.6 is 11.3 Å². The number of pyridine rings is 2. The van der Waals surface area contributed by atoms with E-state index in [2.05, 4.69) is 15.1 Å². The number of nitrogens with zero attached hydrogens (tertiary/aromatic N) is 4. The number of aliphatic hydroxyl groups excluding tert-OH is 1. The number of halogens is 3. The van der Waals surface area contributed by atoms with Gasteiger partial charge >= 0.3 is 6.18 Å². The monoisotopic (exact) mass is 364 g/mol. The van der Waals surface area contributed by atoms with Crippen LogP contribution in [0.4, 0.5) is 13.2 Å². The minimum Gasteiger partial charge on any atom is -0.379 e. The molecular formula is C16H11F3N4OS. The standard InChI is InChI=1S/C16H11F3N4OS/c1-23-7-10-4-9(6-20-14(10)22-23)11-3-2-8-5-12(25-15(8)21-11)13(24)16(17,18)19/h2-7,13,24H,1H3. The molecule has 0 spiro atoms. The van der Waals surface area contributed by atoms with E-state index in [9.17, 15) is 18.3 Å². The van der Waals surface area contributed by atoms with Crippen molar-refractivity contribution >= 4 is 32.6 Å². The van der Waals surface area contributed by atoms with Crippen LogP contribution in [-0.4, -0.2) is 31.0 Å². The first-order valence-corrected chi connectivity index (χ1v) is 8.08. The van der Waals surface area contributed by atoms with Crippen LogP contribution in [0.3, 0.4) is 0 Å². The van der Waals surface area contributed by atoms with E-state index in [1.807, 2.05) is 12.3 Å². The highest BCUT2D eigenvalue weighted by molar-refractivity contribution is 7.18. The molecule has 0 fully saturated rings. The van der Waals surface area contributed by atoms with Crippen molar-refractivity contribution in [1.29, 1.82) is 0 Å². The van der Waals surface area contributed by atoms with Gasteiger partial charge in [0.25, 0.3) is 0 Å². The van der Waals surface area contributed by atoms with Crippen LogP contribution in [0, 0.1) is 0 Å². The Morgan fingerprint density at radius 1 is 1.20 bits per heavy atom. The largest absolute Gasteiger partial charge is 0.419 e. The molecular weight excluding hydrogens is 353 g/mol. The zero-order chi connectivity index (χ0) is 17.8. The second-order valence-electron chi connectivity index (χ2n) is 5.62. The lowest BCUT2D eigenvalue weighted by Crippen LogP contribution is -2.18. The molecule has 9 heteroatoms. The topological polar surface area (TPSA) is 63.8 Å². The number of rotatable bonds is 2. The molecule has 0 amide bonds. The summed E-state index contributed by atoms with van der Waals surface area (Å²) in [6, 6.07) is 6.60. The van der Waals surface area contributed by atoms with Gasteiger partial charge in [0.05, 0.1) is 5.69 Å². The fourth-order valence-electron chi connectivity index (χ4n) is 2.57. The number of hydrogen-bond acceptors (Lipinski definition) is 5. The van der Waals surface area contributed by atoms with Crippen molar-refractivity contribution in [1.82, 2.24) is 19.7 Å². The third-order valence-electron chi connectivity index (χ3n) is 3.75. The van der Waals surface area contributed by atoms with Crippen molar-refractivity contribution in [3.8, 4) is 11.3 Å². The van der Waals surface area contributed by atoms with Gasteiger partial charge < -0.3 is 5.11 Å². The molecule has 0 aromatic carbocycles. The summed E-state index contributed by atoms with van der Waals surface area (Å²) in [4.78, 5) is 8.94. The van der Waals surface area contributed by atoms with Gasteiger partial charge in [0.2, 0.25) is 0 Å². The van der Waals surface area contributed by atoms with Gasteiger partial charge in [-0.15, -0.1) is 11.3 Å². The van der Waals surface area contributed by atoms with Crippen molar-refractivity contribution in [3.05, 3.63) is 41.5 Å². The van der Waals surface area contributed by atoms with Crippen LogP contribution in [0.2, 0.25) is 0 Å². The van der Waals surface area contributed by atoms with E-state index in [-0.39, 0.29) is 4.88 Å². The van der Waals surface area contributed by atoms with E-state index in [1.54, 1.807) is 30.1 Å². The lowest BCUT2D eigenvalue weighted by atomic mass is 10.1. The van der Waals surface area contributed by atoms with Gasteiger partial charge in [0, 0.05) is 40.7 Å². The predicted molar refractivity (Wildman–Crippen MR) is 88.1 cm³/mol. The average Bonchev–Trinajstić information content (AvgIpc) is 3.13. The molecule has 1 unspecified atom stereocenters. The quantitative estimate of drug-likeness (QED) is 0.587. The molecule has 0 saturated heterocycles. The Morgan fingerprint density at radius 3 is 2.76 bits per heavy atom. The molecule has 1 atom stereocenters. The van der Waals surface area contributed by atoms with Crippen molar-refractivity contribution in [2.45, 2.75) is 12.3 Å². The van der Waals surface area contributed by atoms with Crippen LogP contribution in [0.15, 0.2) is 36.7 Å². The maximum absolute atomic E-state index is 12.7. The van der Waals surface area contributed by atoms with Crippen LogP contribution in [0.1, 0.15) is 11.0 Å². The third kappa shape index (κ3) is 2.85. The number of fused-ring (bicyclic) bond motifs is 2. The zero-order valence-corrected chi connectivity index (χ0v) is 13.6. The third-order valence-corrected chi connectivity index (χ3v) is 4.85. The summed E-state index contributed by atoms with van der Waals surface area (Å²) >= 11 is 0.831. The summed E-state index contributed by atoms with van der Waals surface area (Å²) in [5.41, 5.74) is 1.95. The molecule has 4 heterocycles. The van der Waals surface area contributed by atoms with E-state index in [0.29, 0.717) is 21.6 Å². The number of aliphatic hydroxyl groups is 1. The first-order chi connectivity index (χ1) is 11.8. The summed E-state index contributed by atoms with van der Waals surface area (Å²) in [5, 5.41) is 15.0. The lowest BCUT2D eigenvalue weighted by Gasteiger charge is -2.11. The molecule has 0 aliphatic heterocycles. The molecule has 4 aromatic rings. The number of alkyl halides is 3. The maximum Gasteiger partial charge on any atom is 0.419 e. The van der Waals surface area contributed by atoms with Gasteiger partial charge in [-0.2, -0.15) is 18.3 Å². The summed E-state index contributed by atoms with van der Waals surface area (Å²) in [6.45, 7) is 0. The SMILES string of the molecule is Cn1cc2cc(-c3ccc4cc(C(O)C(F)(F)F)sc4n3)cnc2n1. The number of aryl methyl sites for hydroxylation is 1. The average molecular weight is 364 g/mol. The summed E-state index contributed by atoms with van der Waals surface area (Å²) in [6.07, 6.45) is -3.74. The number of aromatic nitrogens is 4. The lowest BCUT2D eigenvalue weighted by molar-refractivity contribution is -0.205. The Morgan fingerprint density at radius 2 is 2.00 bits per heavy atom. The van der Waals surface area contributed by atoms with Crippen molar-refractivity contribution in [3.63, 3.8) is 0 Å². The fourth-order valence-corrected chi connectivity index (χ4v) is 3.61. The Balaban J connectivity index is 1.77. The summed E-state index contributed by atoms with van der Waals surface area (Å²) < 4.78 is 39.7. The Bertz CT molecular complexity index is 1090. The molecule has 0 saturated carbocycles. The molecule has 1 N–H and O–H groups in total. The summed E-state index contributed by atoms with van der Waals surface area (Å²) in [5.74, 6) is 0. The van der Waals surface area contributed by atoms with E-state index < -0.39 is 12.3 Å². The molecule has 128 valence electrons. The molecule has 0 aliphatic rings. The molecule has 0 bridgehead atoms. The predicted octanol–water partition coefficient (Wildman–Crippen LogP) is 3.84. The maximum atomic E-state index is 12.7. The Kier molecular flexibility index (Phi) is 3.51. The second kappa shape index (κ2) is 5.50. The van der Waals surface area contributed by atoms with Crippen LogP contribution in [0.5, 0.6) is 0 Å². The van der Waals surface area contributed by atoms with Crippen LogP contribution in [0.25, 0.3) is 32.5 Å². The van der Waals surface area contributed by atoms with E-state index in [1.165, 1.54) is 6.07 Å². The molecule has 0 aliphatic carbocycles. The minimum absolute atomic E-state index is 0.173. The van der Waals surface area contributed by atoms with Gasteiger partial charge in [-0.3, -0.25) is 4.68 Å². The van der Waals surface area contributed by atoms with Gasteiger partial charge in [-0.05, 0) is 24.3 Å². The van der Waals surface area contributed by atoms with Crippen LogP contribution in [-0.2, 0) is 7.05 Å². The first-order valence-electron chi connectivity index (χ1n) is 7.26. The van der Waals surface area contributed by atoms with Gasteiger partial charge in [-0.1, -0.05) is 0 Å². The second-order valence-corrected chi connectivity index (χ2v) is 6.69. The molecule has 0 radical (unpaired) electrons. The first kappa shape index (κ1) is 16.0. The Hall–Kier alpha value is -2.52. The van der Waals surface area contributed by atoms with Crippen molar-refractivity contribution in [2.24, 2.45) is 7.05 Å². The molecule has 4 rings (SSSR count).